The maximum absolute atomic E-state index is 9.62. The van der Waals surface area contributed by atoms with E-state index in [1.54, 1.807) is 0 Å². The SMILES string of the molecule is C=CC[n+]1cc[nH]c1.O=C([O-])CNCCO. The highest BCUT2D eigenvalue weighted by molar-refractivity contribution is 5.66. The molecule has 6 heteroatoms. The molecule has 0 atom stereocenters. The summed E-state index contributed by atoms with van der Waals surface area (Å²) in [6.07, 6.45) is 7.58. The number of H-pyrrole nitrogens is 1. The van der Waals surface area contributed by atoms with Crippen molar-refractivity contribution in [1.82, 2.24) is 10.3 Å². The van der Waals surface area contributed by atoms with Crippen LogP contribution in [0.4, 0.5) is 0 Å². The highest BCUT2D eigenvalue weighted by atomic mass is 16.4. The van der Waals surface area contributed by atoms with Crippen molar-refractivity contribution in [2.75, 3.05) is 19.7 Å². The Morgan fingerprint density at radius 2 is 2.44 bits per heavy atom. The predicted octanol–water partition coefficient (Wildman–Crippen LogP) is -2.19. The van der Waals surface area contributed by atoms with Gasteiger partial charge in [0, 0.05) is 13.1 Å². The molecule has 0 saturated heterocycles. The van der Waals surface area contributed by atoms with Gasteiger partial charge in [-0.25, -0.2) is 4.57 Å². The molecular formula is C10H17N3O3. The van der Waals surface area contributed by atoms with Crippen molar-refractivity contribution in [3.05, 3.63) is 31.4 Å². The Balaban J connectivity index is 0.000000281. The van der Waals surface area contributed by atoms with Crippen molar-refractivity contribution in [2.45, 2.75) is 6.54 Å². The molecule has 1 aromatic heterocycles. The van der Waals surface area contributed by atoms with Crippen LogP contribution in [0.3, 0.4) is 0 Å². The summed E-state index contributed by atoms with van der Waals surface area (Å²) >= 11 is 0. The molecule has 0 aliphatic carbocycles. The lowest BCUT2D eigenvalue weighted by Gasteiger charge is -2.00. The molecule has 0 radical (unpaired) electrons. The molecule has 16 heavy (non-hydrogen) atoms. The number of aliphatic carboxylic acids is 1. The first-order valence-electron chi connectivity index (χ1n) is 4.84. The van der Waals surface area contributed by atoms with Crippen LogP contribution in [0.15, 0.2) is 31.4 Å². The third kappa shape index (κ3) is 8.92. The largest absolute Gasteiger partial charge is 0.549 e. The normalized spacial score (nSPS) is 9.06. The van der Waals surface area contributed by atoms with E-state index < -0.39 is 5.97 Å². The second-order valence-electron chi connectivity index (χ2n) is 2.87. The van der Waals surface area contributed by atoms with Gasteiger partial charge in [-0.05, 0) is 0 Å². The summed E-state index contributed by atoms with van der Waals surface area (Å²) in [5, 5.41) is 20.1. The lowest BCUT2D eigenvalue weighted by molar-refractivity contribution is -0.685. The third-order valence-corrected chi connectivity index (χ3v) is 1.50. The van der Waals surface area contributed by atoms with Crippen molar-refractivity contribution < 1.29 is 19.6 Å². The number of hydrogen-bond donors (Lipinski definition) is 3. The Labute approximate surface area is 94.2 Å². The van der Waals surface area contributed by atoms with E-state index in [1.807, 2.05) is 29.4 Å². The van der Waals surface area contributed by atoms with Crippen LogP contribution in [-0.2, 0) is 11.3 Å². The van der Waals surface area contributed by atoms with E-state index in [9.17, 15) is 9.90 Å². The summed E-state index contributed by atoms with van der Waals surface area (Å²) in [5.74, 6) is -1.15. The number of aromatic nitrogens is 2. The summed E-state index contributed by atoms with van der Waals surface area (Å²) < 4.78 is 2.01. The van der Waals surface area contributed by atoms with Gasteiger partial charge in [0.1, 0.15) is 18.9 Å². The van der Waals surface area contributed by atoms with Gasteiger partial charge in [0.2, 0.25) is 6.33 Å². The fourth-order valence-corrected chi connectivity index (χ4v) is 0.853. The summed E-state index contributed by atoms with van der Waals surface area (Å²) in [6.45, 7) is 4.54. The molecule has 1 rings (SSSR count). The van der Waals surface area contributed by atoms with Gasteiger partial charge >= 0.3 is 0 Å². The number of carbonyl (C=O) groups is 1. The topological polar surface area (TPSA) is 92.1 Å². The quantitative estimate of drug-likeness (QED) is 0.292. The average molecular weight is 227 g/mol. The van der Waals surface area contributed by atoms with E-state index in [0.29, 0.717) is 6.54 Å². The Hall–Kier alpha value is -1.66. The maximum atomic E-state index is 9.62. The van der Waals surface area contributed by atoms with Crippen LogP contribution < -0.4 is 15.0 Å². The van der Waals surface area contributed by atoms with Gasteiger partial charge in [0.05, 0.1) is 12.6 Å². The fourth-order valence-electron chi connectivity index (χ4n) is 0.853. The lowest BCUT2D eigenvalue weighted by Crippen LogP contribution is -2.35. The number of hydrogen-bond acceptors (Lipinski definition) is 4. The van der Waals surface area contributed by atoms with Crippen molar-refractivity contribution in [1.29, 1.82) is 0 Å². The van der Waals surface area contributed by atoms with Crippen molar-refractivity contribution in [2.24, 2.45) is 0 Å². The number of carbonyl (C=O) groups excluding carboxylic acids is 1. The van der Waals surface area contributed by atoms with Crippen molar-refractivity contribution >= 4 is 5.97 Å². The van der Waals surface area contributed by atoms with E-state index in [4.69, 9.17) is 5.11 Å². The molecule has 0 aliphatic rings. The van der Waals surface area contributed by atoms with E-state index in [2.05, 4.69) is 16.9 Å². The highest BCUT2D eigenvalue weighted by Crippen LogP contribution is 1.68. The first kappa shape index (κ1) is 14.3. The molecule has 0 aliphatic heterocycles. The number of aromatic amines is 1. The Morgan fingerprint density at radius 1 is 1.69 bits per heavy atom. The minimum absolute atomic E-state index is 0.0483. The second-order valence-corrected chi connectivity index (χ2v) is 2.87. The lowest BCUT2D eigenvalue weighted by atomic mass is 10.6. The number of allylic oxidation sites excluding steroid dienone is 1. The number of imidazole rings is 1. The fraction of sp³-hybridized carbons (Fsp3) is 0.400. The van der Waals surface area contributed by atoms with Gasteiger partial charge < -0.3 is 20.3 Å². The van der Waals surface area contributed by atoms with Gasteiger partial charge in [0.25, 0.3) is 0 Å². The molecule has 6 nitrogen and oxygen atoms in total. The minimum atomic E-state index is -1.15. The van der Waals surface area contributed by atoms with E-state index in [0.717, 1.165) is 6.54 Å². The number of carboxylic acids is 1. The number of aliphatic hydroxyl groups is 1. The monoisotopic (exact) mass is 227 g/mol. The average Bonchev–Trinajstić information content (AvgIpc) is 2.72. The first-order chi connectivity index (χ1) is 7.70. The summed E-state index contributed by atoms with van der Waals surface area (Å²) in [5.41, 5.74) is 0. The van der Waals surface area contributed by atoms with Gasteiger partial charge in [-0.15, -0.1) is 0 Å². The molecule has 0 bridgehead atoms. The maximum Gasteiger partial charge on any atom is 0.241 e. The van der Waals surface area contributed by atoms with E-state index in [-0.39, 0.29) is 13.2 Å². The highest BCUT2D eigenvalue weighted by Gasteiger charge is 1.87. The van der Waals surface area contributed by atoms with Crippen LogP contribution >= 0.6 is 0 Å². The number of carboxylic acid groups (broad SMARTS) is 1. The molecule has 0 fully saturated rings. The summed E-state index contributed by atoms with van der Waals surface area (Å²) in [4.78, 5) is 12.5. The number of rotatable bonds is 6. The van der Waals surface area contributed by atoms with Gasteiger partial charge in [-0.2, -0.15) is 0 Å². The van der Waals surface area contributed by atoms with Crippen molar-refractivity contribution in [3.63, 3.8) is 0 Å². The molecule has 0 amide bonds. The molecule has 3 N–H and O–H groups in total. The third-order valence-electron chi connectivity index (χ3n) is 1.50. The number of nitrogens with zero attached hydrogens (tertiary/aromatic N) is 1. The smallest absolute Gasteiger partial charge is 0.241 e. The molecule has 0 unspecified atom stereocenters. The molecule has 0 saturated carbocycles. The minimum Gasteiger partial charge on any atom is -0.549 e. The molecule has 1 aromatic rings. The molecule has 90 valence electrons. The van der Waals surface area contributed by atoms with E-state index in [1.165, 1.54) is 0 Å². The molecule has 0 aromatic carbocycles. The number of aliphatic hydroxyl groups excluding tert-OH is 1. The van der Waals surface area contributed by atoms with Gasteiger partial charge in [-0.3, -0.25) is 4.98 Å². The Kier molecular flexibility index (Phi) is 8.85. The van der Waals surface area contributed by atoms with Crippen LogP contribution in [0.1, 0.15) is 0 Å². The second kappa shape index (κ2) is 9.88. The molecular weight excluding hydrogens is 210 g/mol. The van der Waals surface area contributed by atoms with E-state index >= 15 is 0 Å². The van der Waals surface area contributed by atoms with Crippen molar-refractivity contribution in [3.8, 4) is 0 Å². The summed E-state index contributed by atoms with van der Waals surface area (Å²) in [7, 11) is 0. The zero-order valence-electron chi connectivity index (χ0n) is 9.06. The summed E-state index contributed by atoms with van der Waals surface area (Å²) in [6, 6.07) is 0. The zero-order chi connectivity index (χ0) is 12.2. The Morgan fingerprint density at radius 3 is 2.88 bits per heavy atom. The van der Waals surface area contributed by atoms with Crippen LogP contribution in [0.25, 0.3) is 0 Å². The zero-order valence-corrected chi connectivity index (χ0v) is 9.06. The van der Waals surface area contributed by atoms with Crippen LogP contribution in [0.5, 0.6) is 0 Å². The number of nitrogens with one attached hydrogen (secondary N) is 2. The Bertz CT molecular complexity index is 286. The van der Waals surface area contributed by atoms with Crippen LogP contribution in [-0.4, -0.2) is 35.8 Å². The molecule has 1 heterocycles. The van der Waals surface area contributed by atoms with Crippen LogP contribution in [0, 0.1) is 0 Å². The predicted molar refractivity (Wildman–Crippen MR) is 56.1 cm³/mol. The van der Waals surface area contributed by atoms with Gasteiger partial charge in [-0.1, -0.05) is 12.7 Å². The van der Waals surface area contributed by atoms with Gasteiger partial charge in [0.15, 0.2) is 0 Å². The van der Waals surface area contributed by atoms with Crippen LogP contribution in [0.2, 0.25) is 0 Å². The standard InChI is InChI=1S/C6H8N2.C4H9NO3/c1-2-4-8-5-3-7-6-8;6-2-1-5-3-4(7)8/h2-3,5-6H,1,4H2;5-6H,1-3H2,(H,7,8). The molecule has 0 spiro atoms. The first-order valence-corrected chi connectivity index (χ1v) is 4.84.